The minimum Gasteiger partial charge on any atom is -0.309 e. The van der Waals surface area contributed by atoms with Crippen LogP contribution in [-0.2, 0) is 0 Å². The summed E-state index contributed by atoms with van der Waals surface area (Å²) in [5, 5.41) is 4.40. The van der Waals surface area contributed by atoms with Crippen LogP contribution in [0.3, 0.4) is 0 Å². The zero-order valence-corrected chi connectivity index (χ0v) is 35.4. The highest BCUT2D eigenvalue weighted by Gasteiger charge is 2.42. The van der Waals surface area contributed by atoms with Crippen molar-refractivity contribution in [1.29, 1.82) is 0 Å². The first kappa shape index (κ1) is 23.6. The molecule has 0 aliphatic heterocycles. The highest BCUT2D eigenvalue weighted by atomic mass is 32.1. The number of nitrogens with zero attached hydrogens (tertiary/aromatic N) is 2. The molecule has 0 aliphatic rings. The Hall–Kier alpha value is -7.76. The smallest absolute Gasteiger partial charge is 0.179 e. The predicted octanol–water partition coefficient (Wildman–Crippen LogP) is 13.3. The number of benzene rings is 10. The van der Waals surface area contributed by atoms with E-state index >= 15 is 0 Å². The lowest BCUT2D eigenvalue weighted by atomic mass is 10.1. The van der Waals surface area contributed by atoms with Gasteiger partial charge in [0.05, 0.1) is 55.8 Å². The zero-order valence-electron chi connectivity index (χ0n) is 50.6. The Morgan fingerprint density at radius 2 is 1.03 bits per heavy atom. The Balaban J connectivity index is 1.22. The molecule has 0 amide bonds. The second-order valence-corrected chi connectivity index (χ2v) is 20.3. The van der Waals surface area contributed by atoms with Crippen LogP contribution in [0.25, 0.3) is 86.3 Å². The summed E-state index contributed by atoms with van der Waals surface area (Å²) in [5.41, 5.74) is 1.48. The lowest BCUT2D eigenvalue weighted by Gasteiger charge is -2.35. The zero-order chi connectivity index (χ0) is 57.0. The molecule has 0 saturated heterocycles. The van der Waals surface area contributed by atoms with Gasteiger partial charge in [-0.3, -0.25) is 0 Å². The molecule has 3 heterocycles. The molecule has 0 aliphatic carbocycles. The fourth-order valence-corrected chi connectivity index (χ4v) is 15.4. The minimum absolute atomic E-state index is 0.0212. The summed E-state index contributed by atoms with van der Waals surface area (Å²) in [6.07, 6.45) is 0. The second kappa shape index (κ2) is 14.7. The van der Waals surface area contributed by atoms with Crippen molar-refractivity contribution in [3.8, 4) is 22.5 Å². The predicted molar refractivity (Wildman–Crippen MR) is 277 cm³/mol. The average molecular weight is 866 g/mol. The topological polar surface area (TPSA) is 9.86 Å². The third-order valence-electron chi connectivity index (χ3n) is 12.2. The Bertz CT molecular complexity index is 4780. The van der Waals surface area contributed by atoms with Crippen molar-refractivity contribution in [2.75, 3.05) is 0 Å². The summed E-state index contributed by atoms with van der Waals surface area (Å²) >= 11 is 1.35. The lowest BCUT2D eigenvalue weighted by Crippen LogP contribution is -2.74. The van der Waals surface area contributed by atoms with Gasteiger partial charge in [0.2, 0.25) is 0 Å². The quantitative estimate of drug-likeness (QED) is 0.112. The Kier molecular flexibility index (Phi) is 5.41. The summed E-state index contributed by atoms with van der Waals surface area (Å²) in [6, 6.07) is 34.5. The van der Waals surface area contributed by atoms with Gasteiger partial charge < -0.3 is 9.13 Å². The largest absolute Gasteiger partial charge is 0.309 e. The highest BCUT2D eigenvalue weighted by Crippen LogP contribution is 2.47. The molecule has 13 aromatic rings. The van der Waals surface area contributed by atoms with Crippen molar-refractivity contribution in [2.45, 2.75) is 0 Å². The van der Waals surface area contributed by atoms with Crippen LogP contribution in [-0.4, -0.2) is 17.2 Å². The van der Waals surface area contributed by atoms with Gasteiger partial charge in [-0.05, 0) is 74.2 Å². The van der Waals surface area contributed by atoms with E-state index in [4.69, 9.17) is 12.3 Å². The van der Waals surface area contributed by atoms with Crippen molar-refractivity contribution >= 4 is 104 Å². The first-order chi connectivity index (χ1) is 38.8. The Morgan fingerprint density at radius 1 is 0.406 bits per heavy atom. The van der Waals surface area contributed by atoms with Crippen molar-refractivity contribution in [1.82, 2.24) is 9.13 Å². The van der Waals surface area contributed by atoms with E-state index in [1.165, 1.54) is 15.9 Å². The van der Waals surface area contributed by atoms with Gasteiger partial charge in [-0.15, -0.1) is 11.3 Å². The van der Waals surface area contributed by atoms with Gasteiger partial charge in [0.25, 0.3) is 0 Å². The minimum atomic E-state index is -4.15. The molecule has 0 N–H and O–H groups in total. The van der Waals surface area contributed by atoms with E-state index < -0.39 is 98.7 Å². The number of aromatic nitrogens is 2. The number of fused-ring (bicyclic) bond motifs is 10. The van der Waals surface area contributed by atoms with Crippen molar-refractivity contribution in [3.63, 3.8) is 0 Å². The van der Waals surface area contributed by atoms with Crippen LogP contribution in [0.5, 0.6) is 0 Å². The van der Waals surface area contributed by atoms with Gasteiger partial charge in [-0.2, -0.15) is 0 Å². The van der Waals surface area contributed by atoms with Crippen LogP contribution in [0.2, 0.25) is 0 Å². The van der Waals surface area contributed by atoms with Gasteiger partial charge >= 0.3 is 0 Å². The fraction of sp³-hybridized carbons (Fsp3) is 0. The molecule has 3 aromatic heterocycles. The summed E-state index contributed by atoms with van der Waals surface area (Å²) in [4.78, 5) is 0. The number of para-hydroxylation sites is 3. The van der Waals surface area contributed by atoms with Gasteiger partial charge in [0, 0.05) is 42.7 Å². The SMILES string of the molecule is [2H]c1c([2H])c([2H])c(-c2cccc([Si](c3ccccc3)(c3ccccc3)c3c([2H])c([2H])c([2H])c(-n4c5ccccc5c5cc(-n6c7c([2H])c([2H])c([2H])c([2H])c7c7c([2H])c([2H])c([2H])c([2H])c76)c6sc7ccccc7c6c54)c3[2H])c2)c([2H])c1[2H]. The number of hydrogen-bond donors (Lipinski definition) is 0. The maximum atomic E-state index is 10.9. The summed E-state index contributed by atoms with van der Waals surface area (Å²) in [6.45, 7) is 0. The van der Waals surface area contributed by atoms with Crippen LogP contribution in [0.1, 0.15) is 23.3 Å². The number of hydrogen-bond acceptors (Lipinski definition) is 1. The van der Waals surface area contributed by atoms with Crippen molar-refractivity contribution in [2.24, 2.45) is 0 Å². The molecule has 0 spiro atoms. The van der Waals surface area contributed by atoms with Crippen molar-refractivity contribution in [3.05, 3.63) is 242 Å². The summed E-state index contributed by atoms with van der Waals surface area (Å²) in [5.74, 6) is 0. The van der Waals surface area contributed by atoms with E-state index in [9.17, 15) is 11.0 Å². The summed E-state index contributed by atoms with van der Waals surface area (Å²) < 4.78 is 162. The molecular formula is C60H40N2SSi. The molecular weight excluding hydrogens is 809 g/mol. The lowest BCUT2D eigenvalue weighted by molar-refractivity contribution is 1.18. The average Bonchev–Trinajstić information content (AvgIpc) is 3.90. The normalized spacial score (nSPS) is 15.8. The fourth-order valence-electron chi connectivity index (χ4n) is 9.63. The van der Waals surface area contributed by atoms with E-state index in [1.54, 1.807) is 22.8 Å². The maximum Gasteiger partial charge on any atom is 0.179 e. The maximum absolute atomic E-state index is 10.9. The molecule has 0 radical (unpaired) electrons. The van der Waals surface area contributed by atoms with Crippen LogP contribution in [0.15, 0.2) is 242 Å². The van der Waals surface area contributed by atoms with Gasteiger partial charge in [0.15, 0.2) is 8.07 Å². The van der Waals surface area contributed by atoms with E-state index in [0.717, 1.165) is 10.1 Å². The monoisotopic (exact) mass is 865 g/mol. The van der Waals surface area contributed by atoms with Gasteiger partial charge in [0.1, 0.15) is 0 Å². The van der Waals surface area contributed by atoms with E-state index in [0.29, 0.717) is 58.7 Å². The van der Waals surface area contributed by atoms with E-state index in [-0.39, 0.29) is 50.3 Å². The van der Waals surface area contributed by atoms with Gasteiger partial charge in [-0.1, -0.05) is 200 Å². The van der Waals surface area contributed by atoms with Crippen LogP contribution >= 0.6 is 11.3 Å². The third-order valence-corrected chi connectivity index (χ3v) is 18.0. The molecule has 0 bridgehead atoms. The number of rotatable bonds is 7. The second-order valence-electron chi connectivity index (χ2n) is 15.5. The summed E-state index contributed by atoms with van der Waals surface area (Å²) in [7, 11) is -4.15. The molecule has 13 rings (SSSR count). The van der Waals surface area contributed by atoms with E-state index in [2.05, 4.69) is 0 Å². The van der Waals surface area contributed by atoms with Crippen molar-refractivity contribution < 1.29 is 23.3 Å². The first-order valence-electron chi connectivity index (χ1n) is 29.1. The molecule has 2 nitrogen and oxygen atoms in total. The molecule has 4 heteroatoms. The Labute approximate surface area is 400 Å². The first-order valence-corrected chi connectivity index (χ1v) is 23.4. The van der Waals surface area contributed by atoms with E-state index in [1.807, 2.05) is 121 Å². The molecule has 64 heavy (non-hydrogen) atoms. The molecule has 0 unspecified atom stereocenters. The molecule has 300 valence electrons. The highest BCUT2D eigenvalue weighted by molar-refractivity contribution is 7.26. The standard InChI is InChI=1S/C60H40N2SSi/c1-4-20-41(21-5-1)42-22-18-28-46(38-42)64(44-24-6-2-7-25-44,45-26-8-3-9-27-45)47-29-19-23-43(39-47)61-53-34-14-12-32-50(53)52-40-56(60-58(59(52)61)51-33-13-17-37-57(51)63-60)62-54-35-15-10-30-48(54)49-31-11-16-36-55(49)62/h1-40H/i1D,4D,5D,10D,11D,15D,16D,19D,20D,21D,23D,29D,30D,31D,35D,36D,39D. The molecule has 10 aromatic carbocycles. The van der Waals surface area contributed by atoms with Crippen LogP contribution < -0.4 is 20.7 Å². The molecule has 0 fully saturated rings. The third kappa shape index (κ3) is 5.43. The van der Waals surface area contributed by atoms with Gasteiger partial charge in [-0.25, -0.2) is 0 Å². The van der Waals surface area contributed by atoms with Crippen LogP contribution in [0, 0.1) is 0 Å². The number of thiophene rings is 1. The molecule has 0 atom stereocenters. The molecule has 0 saturated carbocycles. The Morgan fingerprint density at radius 3 is 1.77 bits per heavy atom. The van der Waals surface area contributed by atoms with Crippen LogP contribution in [0.4, 0.5) is 0 Å².